The second kappa shape index (κ2) is 12.7. The van der Waals surface area contributed by atoms with Gasteiger partial charge in [-0.15, -0.1) is 0 Å². The van der Waals surface area contributed by atoms with E-state index in [1.54, 1.807) is 0 Å². The third kappa shape index (κ3) is 11.2. The molecule has 0 radical (unpaired) electrons. The predicted molar refractivity (Wildman–Crippen MR) is 97.0 cm³/mol. The van der Waals surface area contributed by atoms with Crippen molar-refractivity contribution >= 4 is 41.5 Å². The third-order valence-electron chi connectivity index (χ3n) is 3.50. The standard InChI is InChI=1S/C15H24N6O9/c16-6(3-9(17)22)13(27)21-7(1-2-12(25)26)14(28)19-5-11(24)20-8(15(29)30)4-10(18)23/h6-8H,1-5,16H2,(H2,17,22)(H2,18,23)(H,19,28)(H,20,24)(H,21,27)(H,25,26)(H,29,30). The molecule has 168 valence electrons. The van der Waals surface area contributed by atoms with E-state index in [1.807, 2.05) is 5.32 Å². The van der Waals surface area contributed by atoms with Crippen molar-refractivity contribution in [1.82, 2.24) is 16.0 Å². The summed E-state index contributed by atoms with van der Waals surface area (Å²) in [6.07, 6.45) is -2.07. The van der Waals surface area contributed by atoms with E-state index < -0.39 is 85.4 Å². The van der Waals surface area contributed by atoms with Crippen LogP contribution in [0.15, 0.2) is 0 Å². The average Bonchev–Trinajstić information content (AvgIpc) is 2.61. The Hall–Kier alpha value is -3.75. The Kier molecular flexibility index (Phi) is 11.1. The fourth-order valence-corrected chi connectivity index (χ4v) is 2.06. The first-order valence-electron chi connectivity index (χ1n) is 8.47. The maximum atomic E-state index is 12.2. The minimum atomic E-state index is -1.61. The van der Waals surface area contributed by atoms with Gasteiger partial charge in [0.2, 0.25) is 29.5 Å². The maximum absolute atomic E-state index is 12.2. The van der Waals surface area contributed by atoms with E-state index >= 15 is 0 Å². The number of amides is 5. The van der Waals surface area contributed by atoms with Crippen LogP contribution in [0.2, 0.25) is 0 Å². The van der Waals surface area contributed by atoms with E-state index in [2.05, 4.69) is 10.6 Å². The lowest BCUT2D eigenvalue weighted by atomic mass is 10.1. The molecule has 30 heavy (non-hydrogen) atoms. The lowest BCUT2D eigenvalue weighted by Gasteiger charge is -2.20. The molecule has 15 heteroatoms. The molecule has 0 aromatic rings. The Labute approximate surface area is 169 Å². The van der Waals surface area contributed by atoms with E-state index in [4.69, 9.17) is 27.4 Å². The fourth-order valence-electron chi connectivity index (χ4n) is 2.06. The summed E-state index contributed by atoms with van der Waals surface area (Å²) in [7, 11) is 0. The number of nitrogens with two attached hydrogens (primary N) is 3. The number of carbonyl (C=O) groups excluding carboxylic acids is 5. The third-order valence-corrected chi connectivity index (χ3v) is 3.50. The number of aliphatic carboxylic acids is 2. The van der Waals surface area contributed by atoms with Crippen molar-refractivity contribution in [2.45, 2.75) is 43.8 Å². The molecule has 5 amide bonds. The zero-order valence-electron chi connectivity index (χ0n) is 15.8. The molecule has 3 unspecified atom stereocenters. The molecular formula is C15H24N6O9. The molecule has 0 saturated carbocycles. The average molecular weight is 432 g/mol. The summed E-state index contributed by atoms with van der Waals surface area (Å²) < 4.78 is 0. The van der Waals surface area contributed by atoms with Gasteiger partial charge in [0.1, 0.15) is 12.1 Å². The zero-order chi connectivity index (χ0) is 23.4. The van der Waals surface area contributed by atoms with Crippen LogP contribution in [-0.4, -0.2) is 76.4 Å². The summed E-state index contributed by atoms with van der Waals surface area (Å²) in [4.78, 5) is 79.3. The van der Waals surface area contributed by atoms with Crippen LogP contribution >= 0.6 is 0 Å². The van der Waals surface area contributed by atoms with Crippen LogP contribution in [0.1, 0.15) is 25.7 Å². The van der Waals surface area contributed by atoms with Crippen molar-refractivity contribution in [2.24, 2.45) is 17.2 Å². The number of hydrogen-bond donors (Lipinski definition) is 8. The maximum Gasteiger partial charge on any atom is 0.326 e. The summed E-state index contributed by atoms with van der Waals surface area (Å²) in [6, 6.07) is -4.40. The van der Waals surface area contributed by atoms with Gasteiger partial charge in [0.15, 0.2) is 0 Å². The highest BCUT2D eigenvalue weighted by molar-refractivity contribution is 5.94. The quantitative estimate of drug-likeness (QED) is 0.129. The molecule has 0 saturated heterocycles. The highest BCUT2D eigenvalue weighted by Crippen LogP contribution is 2.00. The van der Waals surface area contributed by atoms with Gasteiger partial charge in [-0.25, -0.2) is 4.79 Å². The molecule has 0 aromatic heterocycles. The molecular weight excluding hydrogens is 408 g/mol. The van der Waals surface area contributed by atoms with Crippen molar-refractivity contribution in [3.8, 4) is 0 Å². The zero-order valence-corrected chi connectivity index (χ0v) is 15.8. The van der Waals surface area contributed by atoms with Crippen molar-refractivity contribution in [2.75, 3.05) is 6.54 Å². The van der Waals surface area contributed by atoms with Gasteiger partial charge in [-0.1, -0.05) is 0 Å². The van der Waals surface area contributed by atoms with Gasteiger partial charge in [-0.05, 0) is 6.42 Å². The molecule has 3 atom stereocenters. The molecule has 0 aliphatic heterocycles. The number of carbonyl (C=O) groups is 7. The van der Waals surface area contributed by atoms with Gasteiger partial charge in [-0.2, -0.15) is 0 Å². The number of hydrogen-bond acceptors (Lipinski definition) is 8. The van der Waals surface area contributed by atoms with Crippen LogP contribution in [0.4, 0.5) is 0 Å². The van der Waals surface area contributed by atoms with Crippen LogP contribution < -0.4 is 33.2 Å². The number of carboxylic acid groups (broad SMARTS) is 2. The second-order valence-electron chi connectivity index (χ2n) is 6.12. The van der Waals surface area contributed by atoms with E-state index in [0.717, 1.165) is 0 Å². The van der Waals surface area contributed by atoms with Crippen molar-refractivity contribution in [1.29, 1.82) is 0 Å². The van der Waals surface area contributed by atoms with E-state index in [9.17, 15) is 33.6 Å². The first-order chi connectivity index (χ1) is 13.8. The molecule has 0 aliphatic rings. The van der Waals surface area contributed by atoms with Crippen LogP contribution in [0, 0.1) is 0 Å². The van der Waals surface area contributed by atoms with Gasteiger partial charge in [-0.3, -0.25) is 28.8 Å². The Balaban J connectivity index is 4.94. The SMILES string of the molecule is NC(=O)CC(N)C(=O)NC(CCC(=O)O)C(=O)NCC(=O)NC(CC(N)=O)C(=O)O. The highest BCUT2D eigenvalue weighted by Gasteiger charge is 2.26. The van der Waals surface area contributed by atoms with Crippen molar-refractivity contribution in [3.05, 3.63) is 0 Å². The number of carboxylic acids is 2. The normalized spacial score (nSPS) is 13.2. The summed E-state index contributed by atoms with van der Waals surface area (Å²) in [5, 5.41) is 23.9. The minimum Gasteiger partial charge on any atom is -0.481 e. The molecule has 0 spiro atoms. The predicted octanol–water partition coefficient (Wildman–Crippen LogP) is -4.90. The Morgan fingerprint density at radius 2 is 1.37 bits per heavy atom. The van der Waals surface area contributed by atoms with Gasteiger partial charge in [0.25, 0.3) is 0 Å². The molecule has 0 rings (SSSR count). The molecule has 0 fully saturated rings. The van der Waals surface area contributed by atoms with Gasteiger partial charge < -0.3 is 43.4 Å². The number of primary amides is 2. The van der Waals surface area contributed by atoms with Crippen LogP contribution in [0.5, 0.6) is 0 Å². The molecule has 15 nitrogen and oxygen atoms in total. The van der Waals surface area contributed by atoms with Crippen LogP contribution in [-0.2, 0) is 33.6 Å². The van der Waals surface area contributed by atoms with Gasteiger partial charge in [0, 0.05) is 6.42 Å². The molecule has 11 N–H and O–H groups in total. The first kappa shape index (κ1) is 26.2. The molecule has 0 bridgehead atoms. The Morgan fingerprint density at radius 1 is 0.800 bits per heavy atom. The van der Waals surface area contributed by atoms with Crippen LogP contribution in [0.25, 0.3) is 0 Å². The lowest BCUT2D eigenvalue weighted by Crippen LogP contribution is -2.54. The van der Waals surface area contributed by atoms with Crippen molar-refractivity contribution < 1.29 is 43.8 Å². The molecule has 0 aliphatic carbocycles. The van der Waals surface area contributed by atoms with E-state index in [1.165, 1.54) is 0 Å². The van der Waals surface area contributed by atoms with E-state index in [-0.39, 0.29) is 6.42 Å². The smallest absolute Gasteiger partial charge is 0.326 e. The number of rotatable bonds is 14. The minimum absolute atomic E-state index is 0.364. The van der Waals surface area contributed by atoms with Crippen LogP contribution in [0.3, 0.4) is 0 Å². The summed E-state index contributed by atoms with van der Waals surface area (Å²) in [6.45, 7) is -0.742. The largest absolute Gasteiger partial charge is 0.481 e. The first-order valence-corrected chi connectivity index (χ1v) is 8.47. The summed E-state index contributed by atoms with van der Waals surface area (Å²) in [5.74, 6) is -7.53. The monoisotopic (exact) mass is 432 g/mol. The van der Waals surface area contributed by atoms with E-state index in [0.29, 0.717) is 0 Å². The lowest BCUT2D eigenvalue weighted by molar-refractivity contribution is -0.143. The fraction of sp³-hybridized carbons (Fsp3) is 0.533. The second-order valence-corrected chi connectivity index (χ2v) is 6.12. The summed E-state index contributed by atoms with van der Waals surface area (Å²) in [5.41, 5.74) is 15.2. The molecule has 0 aromatic carbocycles. The van der Waals surface area contributed by atoms with Gasteiger partial charge in [0.05, 0.1) is 25.4 Å². The summed E-state index contributed by atoms with van der Waals surface area (Å²) >= 11 is 0. The molecule has 0 heterocycles. The highest BCUT2D eigenvalue weighted by atomic mass is 16.4. The topological polar surface area (TPSA) is 274 Å². The van der Waals surface area contributed by atoms with Crippen molar-refractivity contribution in [3.63, 3.8) is 0 Å². The Morgan fingerprint density at radius 3 is 1.83 bits per heavy atom. The number of nitrogens with one attached hydrogen (secondary N) is 3. The Bertz CT molecular complexity index is 711. The van der Waals surface area contributed by atoms with Gasteiger partial charge >= 0.3 is 11.9 Å².